The minimum atomic E-state index is -0.302. The Balaban J connectivity index is 2.41. The first kappa shape index (κ1) is 12.2. The monoisotopic (exact) mass is 295 g/mol. The number of unbranched alkanes of at least 4 members (excludes halogenated alkanes) is 1. The van der Waals surface area contributed by atoms with Crippen LogP contribution in [0.25, 0.3) is 11.3 Å². The lowest BCUT2D eigenvalue weighted by Gasteiger charge is -2.00. The Kier molecular flexibility index (Phi) is 3.84. The van der Waals surface area contributed by atoms with Crippen LogP contribution in [0, 0.1) is 0 Å². The second kappa shape index (κ2) is 5.36. The van der Waals surface area contributed by atoms with Crippen LogP contribution in [0.3, 0.4) is 0 Å². The lowest BCUT2D eigenvalue weighted by molar-refractivity contribution is 0.478. The molecule has 0 aliphatic rings. The summed E-state index contributed by atoms with van der Waals surface area (Å²) in [6.45, 7) is 2.78. The van der Waals surface area contributed by atoms with E-state index in [-0.39, 0.29) is 5.76 Å². The van der Waals surface area contributed by atoms with Gasteiger partial charge in [0, 0.05) is 12.1 Å². The molecule has 0 spiro atoms. The SMILES string of the molecule is CCCCn1c(Br)c(-c2ccccc2)oc1=O. The van der Waals surface area contributed by atoms with E-state index in [9.17, 15) is 4.79 Å². The predicted octanol–water partition coefficient (Wildman–Crippen LogP) is 3.67. The molecule has 17 heavy (non-hydrogen) atoms. The number of aromatic nitrogens is 1. The number of benzene rings is 1. The highest BCUT2D eigenvalue weighted by Crippen LogP contribution is 2.27. The van der Waals surface area contributed by atoms with Crippen LogP contribution in [-0.4, -0.2) is 4.57 Å². The summed E-state index contributed by atoms with van der Waals surface area (Å²) >= 11 is 3.44. The molecule has 0 saturated carbocycles. The minimum Gasteiger partial charge on any atom is -0.406 e. The summed E-state index contributed by atoms with van der Waals surface area (Å²) in [7, 11) is 0. The summed E-state index contributed by atoms with van der Waals surface area (Å²) < 4.78 is 7.64. The fourth-order valence-corrected chi connectivity index (χ4v) is 2.29. The summed E-state index contributed by atoms with van der Waals surface area (Å²) in [5.74, 6) is 0.302. The Morgan fingerprint density at radius 1 is 1.29 bits per heavy atom. The fraction of sp³-hybridized carbons (Fsp3) is 0.308. The van der Waals surface area contributed by atoms with Gasteiger partial charge in [0.25, 0.3) is 0 Å². The number of nitrogens with zero attached hydrogens (tertiary/aromatic N) is 1. The van der Waals surface area contributed by atoms with E-state index in [0.717, 1.165) is 23.0 Å². The number of hydrogen-bond acceptors (Lipinski definition) is 2. The van der Waals surface area contributed by atoms with Gasteiger partial charge < -0.3 is 4.42 Å². The van der Waals surface area contributed by atoms with Crippen molar-refractivity contribution in [1.82, 2.24) is 4.57 Å². The molecule has 0 aliphatic heterocycles. The van der Waals surface area contributed by atoms with Crippen LogP contribution in [0.2, 0.25) is 0 Å². The molecule has 0 atom stereocenters. The van der Waals surface area contributed by atoms with Crippen molar-refractivity contribution in [2.45, 2.75) is 26.3 Å². The Morgan fingerprint density at radius 3 is 2.65 bits per heavy atom. The van der Waals surface area contributed by atoms with Gasteiger partial charge in [0.2, 0.25) is 0 Å². The Bertz CT molecular complexity index is 542. The molecule has 0 fully saturated rings. The predicted molar refractivity (Wildman–Crippen MR) is 71.0 cm³/mol. The van der Waals surface area contributed by atoms with Crippen LogP contribution in [0.5, 0.6) is 0 Å². The first-order valence-electron chi connectivity index (χ1n) is 5.68. The van der Waals surface area contributed by atoms with Crippen molar-refractivity contribution in [2.75, 3.05) is 0 Å². The highest BCUT2D eigenvalue weighted by molar-refractivity contribution is 9.10. The van der Waals surface area contributed by atoms with Gasteiger partial charge in [0.15, 0.2) is 5.76 Å². The van der Waals surface area contributed by atoms with Crippen molar-refractivity contribution in [1.29, 1.82) is 0 Å². The minimum absolute atomic E-state index is 0.302. The second-order valence-corrected chi connectivity index (χ2v) is 4.61. The first-order valence-corrected chi connectivity index (χ1v) is 6.48. The third-order valence-corrected chi connectivity index (χ3v) is 3.39. The van der Waals surface area contributed by atoms with Crippen molar-refractivity contribution in [3.05, 3.63) is 45.5 Å². The van der Waals surface area contributed by atoms with Crippen LogP contribution in [0.1, 0.15) is 19.8 Å². The van der Waals surface area contributed by atoms with Gasteiger partial charge in [-0.05, 0) is 22.4 Å². The topological polar surface area (TPSA) is 35.1 Å². The molecule has 1 aromatic heterocycles. The van der Waals surface area contributed by atoms with Crippen LogP contribution >= 0.6 is 15.9 Å². The number of hydrogen-bond donors (Lipinski definition) is 0. The molecule has 0 saturated heterocycles. The zero-order valence-electron chi connectivity index (χ0n) is 9.65. The normalized spacial score (nSPS) is 10.7. The van der Waals surface area contributed by atoms with Crippen LogP contribution in [-0.2, 0) is 6.54 Å². The average Bonchev–Trinajstić information content (AvgIpc) is 2.64. The summed E-state index contributed by atoms with van der Waals surface area (Å²) in [5.41, 5.74) is 0.909. The molecule has 1 heterocycles. The van der Waals surface area contributed by atoms with Gasteiger partial charge in [-0.25, -0.2) is 4.79 Å². The third-order valence-electron chi connectivity index (χ3n) is 2.61. The maximum atomic E-state index is 11.7. The average molecular weight is 296 g/mol. The Morgan fingerprint density at radius 2 is 2.00 bits per heavy atom. The molecule has 1 aromatic carbocycles. The van der Waals surface area contributed by atoms with Crippen molar-refractivity contribution < 1.29 is 4.42 Å². The van der Waals surface area contributed by atoms with Crippen molar-refractivity contribution in [2.24, 2.45) is 0 Å². The van der Waals surface area contributed by atoms with E-state index < -0.39 is 0 Å². The van der Waals surface area contributed by atoms with Gasteiger partial charge in [0.1, 0.15) is 4.60 Å². The van der Waals surface area contributed by atoms with Crippen LogP contribution in [0.4, 0.5) is 0 Å². The summed E-state index contributed by atoms with van der Waals surface area (Å²) in [4.78, 5) is 11.7. The maximum Gasteiger partial charge on any atom is 0.420 e. The zero-order valence-corrected chi connectivity index (χ0v) is 11.2. The second-order valence-electron chi connectivity index (χ2n) is 3.86. The Labute approximate surface area is 108 Å². The molecule has 90 valence electrons. The zero-order chi connectivity index (χ0) is 12.3. The number of oxazole rings is 1. The van der Waals surface area contributed by atoms with Gasteiger partial charge in [-0.1, -0.05) is 43.7 Å². The van der Waals surface area contributed by atoms with E-state index in [2.05, 4.69) is 22.9 Å². The van der Waals surface area contributed by atoms with Crippen molar-refractivity contribution >= 4 is 15.9 Å². The number of halogens is 1. The molecule has 0 unspecified atom stereocenters. The van der Waals surface area contributed by atoms with Gasteiger partial charge in [-0.2, -0.15) is 0 Å². The molecule has 4 heteroatoms. The molecule has 0 bridgehead atoms. The maximum absolute atomic E-state index is 11.7. The Hall–Kier alpha value is -1.29. The van der Waals surface area contributed by atoms with Gasteiger partial charge in [0.05, 0.1) is 0 Å². The first-order chi connectivity index (χ1) is 8.24. The van der Waals surface area contributed by atoms with Crippen LogP contribution in [0.15, 0.2) is 44.1 Å². The van der Waals surface area contributed by atoms with E-state index in [1.807, 2.05) is 30.3 Å². The van der Waals surface area contributed by atoms with Crippen molar-refractivity contribution in [3.8, 4) is 11.3 Å². The van der Waals surface area contributed by atoms with E-state index in [1.165, 1.54) is 0 Å². The highest BCUT2D eigenvalue weighted by Gasteiger charge is 2.15. The molecular formula is C13H14BrNO2. The van der Waals surface area contributed by atoms with E-state index in [4.69, 9.17) is 4.42 Å². The molecule has 3 nitrogen and oxygen atoms in total. The smallest absolute Gasteiger partial charge is 0.406 e. The van der Waals surface area contributed by atoms with Gasteiger partial charge in [-0.15, -0.1) is 0 Å². The molecular weight excluding hydrogens is 282 g/mol. The van der Waals surface area contributed by atoms with Gasteiger partial charge in [-0.3, -0.25) is 4.57 Å². The van der Waals surface area contributed by atoms with Crippen molar-refractivity contribution in [3.63, 3.8) is 0 Å². The summed E-state index contributed by atoms with van der Waals surface area (Å²) in [6.07, 6.45) is 2.01. The number of rotatable bonds is 4. The molecule has 0 amide bonds. The van der Waals surface area contributed by atoms with E-state index in [0.29, 0.717) is 12.3 Å². The lowest BCUT2D eigenvalue weighted by Crippen LogP contribution is -2.14. The summed E-state index contributed by atoms with van der Waals surface area (Å²) in [5, 5.41) is 0. The molecule has 0 radical (unpaired) electrons. The van der Waals surface area contributed by atoms with Crippen LogP contribution < -0.4 is 5.76 Å². The molecule has 0 N–H and O–H groups in total. The largest absolute Gasteiger partial charge is 0.420 e. The third kappa shape index (κ3) is 2.52. The molecule has 2 rings (SSSR count). The lowest BCUT2D eigenvalue weighted by atomic mass is 10.2. The van der Waals surface area contributed by atoms with E-state index >= 15 is 0 Å². The molecule has 0 aliphatic carbocycles. The highest BCUT2D eigenvalue weighted by atomic mass is 79.9. The molecule has 2 aromatic rings. The van der Waals surface area contributed by atoms with Gasteiger partial charge >= 0.3 is 5.76 Å². The van der Waals surface area contributed by atoms with E-state index in [1.54, 1.807) is 4.57 Å². The fourth-order valence-electron chi connectivity index (χ4n) is 1.66. The summed E-state index contributed by atoms with van der Waals surface area (Å²) in [6, 6.07) is 9.63. The quantitative estimate of drug-likeness (QED) is 0.863. The standard InChI is InChI=1S/C13H14BrNO2/c1-2-3-9-15-12(14)11(17-13(15)16)10-7-5-4-6-8-10/h4-8H,2-3,9H2,1H3.